The molecule has 8 heteroatoms. The average Bonchev–Trinajstić information content (AvgIpc) is 3.19. The first-order chi connectivity index (χ1) is 14.8. The molecule has 0 fully saturated rings. The molecule has 0 amide bonds. The van der Waals surface area contributed by atoms with Gasteiger partial charge < -0.3 is 4.74 Å². The van der Waals surface area contributed by atoms with E-state index in [-0.39, 0.29) is 18.3 Å². The number of carbonyl (C=O) groups excluding carboxylic acids is 1. The summed E-state index contributed by atoms with van der Waals surface area (Å²) >= 11 is 7.82. The number of hydrogen-bond acceptors (Lipinski definition) is 6. The highest BCUT2D eigenvalue weighted by Crippen LogP contribution is 2.39. The van der Waals surface area contributed by atoms with Gasteiger partial charge in [-0.15, -0.1) is 21.5 Å². The molecule has 31 heavy (non-hydrogen) atoms. The van der Waals surface area contributed by atoms with Crippen molar-refractivity contribution in [1.29, 1.82) is 0 Å². The zero-order chi connectivity index (χ0) is 22.3. The van der Waals surface area contributed by atoms with Gasteiger partial charge in [0.15, 0.2) is 5.82 Å². The van der Waals surface area contributed by atoms with Gasteiger partial charge in [0.25, 0.3) is 0 Å². The molecule has 6 nitrogen and oxygen atoms in total. The Labute approximate surface area is 190 Å². The molecule has 1 aliphatic heterocycles. The Hall–Kier alpha value is -2.51. The van der Waals surface area contributed by atoms with Crippen molar-refractivity contribution in [2.45, 2.75) is 47.1 Å². The van der Waals surface area contributed by atoms with E-state index in [0.717, 1.165) is 33.2 Å². The van der Waals surface area contributed by atoms with Crippen LogP contribution in [0, 0.1) is 26.7 Å². The Bertz CT molecular complexity index is 1160. The van der Waals surface area contributed by atoms with Gasteiger partial charge in [-0.2, -0.15) is 0 Å². The highest BCUT2D eigenvalue weighted by atomic mass is 35.5. The van der Waals surface area contributed by atoms with Crippen molar-refractivity contribution in [2.75, 3.05) is 6.61 Å². The number of hydrogen-bond donors (Lipinski definition) is 0. The molecular weight excluding hydrogens is 432 g/mol. The van der Waals surface area contributed by atoms with Gasteiger partial charge in [0.05, 0.1) is 18.7 Å². The Morgan fingerprint density at radius 2 is 1.90 bits per heavy atom. The third kappa shape index (κ3) is 4.16. The van der Waals surface area contributed by atoms with Gasteiger partial charge in [0.1, 0.15) is 16.9 Å². The number of ether oxygens (including phenoxy) is 1. The van der Waals surface area contributed by atoms with Crippen LogP contribution in [0.2, 0.25) is 5.02 Å². The van der Waals surface area contributed by atoms with Crippen molar-refractivity contribution in [3.8, 4) is 5.00 Å². The van der Waals surface area contributed by atoms with E-state index in [4.69, 9.17) is 21.3 Å². The van der Waals surface area contributed by atoms with Crippen molar-refractivity contribution >= 4 is 34.6 Å². The molecule has 0 saturated heterocycles. The number of esters is 1. The number of fused-ring (bicyclic) bond motifs is 3. The first-order valence-corrected chi connectivity index (χ1v) is 11.5. The zero-order valence-corrected chi connectivity index (χ0v) is 19.8. The van der Waals surface area contributed by atoms with Crippen molar-refractivity contribution in [2.24, 2.45) is 10.9 Å². The highest BCUT2D eigenvalue weighted by Gasteiger charge is 2.32. The number of carbonyl (C=O) groups is 1. The molecule has 3 aromatic rings. The maximum atomic E-state index is 12.6. The van der Waals surface area contributed by atoms with Gasteiger partial charge in [0, 0.05) is 21.0 Å². The molecule has 162 valence electrons. The Morgan fingerprint density at radius 3 is 2.58 bits per heavy atom. The third-order valence-corrected chi connectivity index (χ3v) is 6.74. The quantitative estimate of drug-likeness (QED) is 0.482. The van der Waals surface area contributed by atoms with Crippen LogP contribution in [0.25, 0.3) is 5.00 Å². The zero-order valence-electron chi connectivity index (χ0n) is 18.3. The van der Waals surface area contributed by atoms with Crippen molar-refractivity contribution in [3.05, 3.63) is 62.5 Å². The molecule has 0 N–H and O–H groups in total. The van der Waals surface area contributed by atoms with E-state index in [9.17, 15) is 4.79 Å². The lowest BCUT2D eigenvalue weighted by Gasteiger charge is -2.13. The molecule has 0 unspecified atom stereocenters. The van der Waals surface area contributed by atoms with E-state index in [0.29, 0.717) is 17.5 Å². The monoisotopic (exact) mass is 456 g/mol. The van der Waals surface area contributed by atoms with E-state index in [1.165, 1.54) is 4.88 Å². The maximum absolute atomic E-state index is 12.6. The smallest absolute Gasteiger partial charge is 0.308 e. The fraction of sp³-hybridized carbons (Fsp3) is 0.391. The second-order valence-corrected chi connectivity index (χ2v) is 9.83. The average molecular weight is 457 g/mol. The number of rotatable bonds is 5. The molecule has 4 rings (SSSR count). The summed E-state index contributed by atoms with van der Waals surface area (Å²) in [5, 5.41) is 10.4. The second kappa shape index (κ2) is 8.55. The fourth-order valence-electron chi connectivity index (χ4n) is 3.61. The SMILES string of the molecule is Cc1sc2c(c1C)C(c1ccc(Cl)cc1)=N[C@@H](CC(=O)OCC(C)C)c1nnc(C)n1-2. The molecule has 0 bridgehead atoms. The van der Waals surface area contributed by atoms with Crippen LogP contribution in [0.3, 0.4) is 0 Å². The lowest BCUT2D eigenvalue weighted by Crippen LogP contribution is -2.15. The Balaban J connectivity index is 1.87. The molecule has 0 radical (unpaired) electrons. The van der Waals surface area contributed by atoms with E-state index in [1.807, 2.05) is 49.6 Å². The van der Waals surface area contributed by atoms with Crippen LogP contribution in [0.5, 0.6) is 0 Å². The summed E-state index contributed by atoms with van der Waals surface area (Å²) in [4.78, 5) is 18.9. The van der Waals surface area contributed by atoms with Crippen LogP contribution in [0.15, 0.2) is 29.3 Å². The molecule has 1 aliphatic rings. The predicted octanol–water partition coefficient (Wildman–Crippen LogP) is 5.39. The molecule has 0 saturated carbocycles. The molecular formula is C23H25ClN4O2S. The first kappa shape index (κ1) is 21.7. The number of nitrogens with zero attached hydrogens (tertiary/aromatic N) is 4. The van der Waals surface area contributed by atoms with Gasteiger partial charge in [-0.05, 0) is 44.4 Å². The number of aliphatic imine (C=N–C) groups is 1. The van der Waals surface area contributed by atoms with Gasteiger partial charge in [-0.25, -0.2) is 0 Å². The largest absolute Gasteiger partial charge is 0.465 e. The lowest BCUT2D eigenvalue weighted by atomic mass is 9.99. The highest BCUT2D eigenvalue weighted by molar-refractivity contribution is 7.15. The number of halogens is 1. The Kier molecular flexibility index (Phi) is 5.99. The fourth-order valence-corrected chi connectivity index (χ4v) is 4.95. The lowest BCUT2D eigenvalue weighted by molar-refractivity contribution is -0.145. The van der Waals surface area contributed by atoms with Gasteiger partial charge in [-0.3, -0.25) is 14.4 Å². The number of thiophene rings is 1. The van der Waals surface area contributed by atoms with Crippen LogP contribution < -0.4 is 0 Å². The predicted molar refractivity (Wildman–Crippen MR) is 124 cm³/mol. The van der Waals surface area contributed by atoms with Crippen molar-refractivity contribution < 1.29 is 9.53 Å². The standard InChI is InChI=1S/C23H25ClN4O2S/c1-12(2)11-30-19(29)10-18-22-27-26-15(5)28(22)23-20(13(3)14(4)31-23)21(25-18)16-6-8-17(24)9-7-16/h6-9,12,18H,10-11H2,1-5H3/t18-/m0/s1. The third-order valence-electron chi connectivity index (χ3n) is 5.29. The molecule has 0 spiro atoms. The molecule has 1 atom stereocenters. The topological polar surface area (TPSA) is 69.4 Å². The van der Waals surface area contributed by atoms with Gasteiger partial charge >= 0.3 is 5.97 Å². The molecule has 2 aromatic heterocycles. The molecule has 1 aromatic carbocycles. The maximum Gasteiger partial charge on any atom is 0.308 e. The van der Waals surface area contributed by atoms with Crippen LogP contribution >= 0.6 is 22.9 Å². The summed E-state index contributed by atoms with van der Waals surface area (Å²) in [6.07, 6.45) is 0.106. The minimum absolute atomic E-state index is 0.106. The first-order valence-electron chi connectivity index (χ1n) is 10.3. The van der Waals surface area contributed by atoms with Crippen LogP contribution in [0.4, 0.5) is 0 Å². The van der Waals surface area contributed by atoms with E-state index in [2.05, 4.69) is 24.0 Å². The van der Waals surface area contributed by atoms with Crippen molar-refractivity contribution in [3.63, 3.8) is 0 Å². The number of benzene rings is 1. The van der Waals surface area contributed by atoms with Crippen LogP contribution in [0.1, 0.15) is 59.5 Å². The van der Waals surface area contributed by atoms with E-state index in [1.54, 1.807) is 11.3 Å². The summed E-state index contributed by atoms with van der Waals surface area (Å²) in [5.41, 5.74) is 3.99. The van der Waals surface area contributed by atoms with Crippen molar-refractivity contribution in [1.82, 2.24) is 14.8 Å². The minimum Gasteiger partial charge on any atom is -0.465 e. The van der Waals surface area contributed by atoms with E-state index < -0.39 is 6.04 Å². The van der Waals surface area contributed by atoms with Crippen LogP contribution in [-0.4, -0.2) is 33.1 Å². The van der Waals surface area contributed by atoms with Crippen LogP contribution in [-0.2, 0) is 9.53 Å². The number of aryl methyl sites for hydroxylation is 2. The molecule has 3 heterocycles. The molecule has 0 aliphatic carbocycles. The number of aromatic nitrogens is 3. The summed E-state index contributed by atoms with van der Waals surface area (Å²) in [6.45, 7) is 10.5. The summed E-state index contributed by atoms with van der Waals surface area (Å²) in [7, 11) is 0. The summed E-state index contributed by atoms with van der Waals surface area (Å²) in [6, 6.07) is 7.15. The summed E-state index contributed by atoms with van der Waals surface area (Å²) < 4.78 is 7.48. The van der Waals surface area contributed by atoms with Gasteiger partial charge in [0.2, 0.25) is 0 Å². The summed E-state index contributed by atoms with van der Waals surface area (Å²) in [5.74, 6) is 1.41. The van der Waals surface area contributed by atoms with E-state index >= 15 is 0 Å². The Morgan fingerprint density at radius 1 is 1.19 bits per heavy atom. The second-order valence-electron chi connectivity index (χ2n) is 8.19. The normalized spacial score (nSPS) is 15.3. The minimum atomic E-state index is -0.495. The van der Waals surface area contributed by atoms with Gasteiger partial charge in [-0.1, -0.05) is 37.6 Å².